The first-order chi connectivity index (χ1) is 10.6. The first-order valence-corrected chi connectivity index (χ1v) is 7.34. The zero-order chi connectivity index (χ0) is 17.6. The van der Waals surface area contributed by atoms with Gasteiger partial charge < -0.3 is 5.11 Å². The van der Waals surface area contributed by atoms with E-state index >= 15 is 0 Å². The largest absolute Gasteiger partial charge is 0.478 e. The summed E-state index contributed by atoms with van der Waals surface area (Å²) >= 11 is 0. The number of benzene rings is 1. The van der Waals surface area contributed by atoms with Gasteiger partial charge in [0, 0.05) is 0 Å². The van der Waals surface area contributed by atoms with Gasteiger partial charge in [-0.15, -0.1) is 0 Å². The van der Waals surface area contributed by atoms with Crippen molar-refractivity contribution in [2.24, 2.45) is 11.3 Å². The van der Waals surface area contributed by atoms with E-state index in [2.05, 4.69) is 30.5 Å². The summed E-state index contributed by atoms with van der Waals surface area (Å²) < 4.78 is 0. The van der Waals surface area contributed by atoms with E-state index in [9.17, 15) is 14.4 Å². The maximum Gasteiger partial charge on any atom is 0.387 e. The minimum Gasteiger partial charge on any atom is -0.478 e. The fourth-order valence-electron chi connectivity index (χ4n) is 2.41. The Hall–Kier alpha value is -2.37. The van der Waals surface area contributed by atoms with Gasteiger partial charge in [0.05, 0.1) is 17.5 Å². The summed E-state index contributed by atoms with van der Waals surface area (Å²) in [5, 5.41) is 9.00. The fraction of sp³-hybridized carbons (Fsp3) is 0.471. The third kappa shape index (κ3) is 6.50. The first-order valence-electron chi connectivity index (χ1n) is 7.34. The molecule has 0 aromatic heterocycles. The molecule has 0 spiro atoms. The Labute approximate surface area is 135 Å². The van der Waals surface area contributed by atoms with Crippen LogP contribution in [0.3, 0.4) is 0 Å². The third-order valence-electron chi connectivity index (χ3n) is 3.06. The summed E-state index contributed by atoms with van der Waals surface area (Å²) in [7, 11) is 0. The average Bonchev–Trinajstić information content (AvgIpc) is 2.42. The molecule has 23 heavy (non-hydrogen) atoms. The van der Waals surface area contributed by atoms with Crippen LogP contribution in [0.1, 0.15) is 61.3 Å². The molecule has 1 unspecified atom stereocenters. The van der Waals surface area contributed by atoms with Crippen LogP contribution >= 0.6 is 0 Å². The van der Waals surface area contributed by atoms with Crippen molar-refractivity contribution in [3.05, 3.63) is 35.4 Å². The second-order valence-corrected chi connectivity index (χ2v) is 6.75. The molecule has 0 saturated carbocycles. The van der Waals surface area contributed by atoms with Crippen LogP contribution in [-0.2, 0) is 14.6 Å². The number of hydrogen-bond donors (Lipinski definition) is 1. The van der Waals surface area contributed by atoms with Crippen LogP contribution in [0.5, 0.6) is 0 Å². The van der Waals surface area contributed by atoms with Gasteiger partial charge in [0.15, 0.2) is 0 Å². The zero-order valence-electron chi connectivity index (χ0n) is 13.8. The molecule has 0 aliphatic carbocycles. The van der Waals surface area contributed by atoms with Crippen LogP contribution in [0.2, 0.25) is 0 Å². The molecule has 0 saturated heterocycles. The minimum atomic E-state index is -1.26. The molecular formula is C17H22O6. The number of carbonyl (C=O) groups is 3. The summed E-state index contributed by atoms with van der Waals surface area (Å²) in [4.78, 5) is 43.5. The van der Waals surface area contributed by atoms with Gasteiger partial charge in [0.2, 0.25) is 0 Å². The fourth-order valence-corrected chi connectivity index (χ4v) is 2.41. The lowest BCUT2D eigenvalue weighted by molar-refractivity contribution is -0.234. The van der Waals surface area contributed by atoms with Crippen molar-refractivity contribution in [2.75, 3.05) is 0 Å². The molecule has 6 nitrogen and oxygen atoms in total. The van der Waals surface area contributed by atoms with E-state index in [4.69, 9.17) is 5.11 Å². The monoisotopic (exact) mass is 322 g/mol. The number of aromatic carboxylic acids is 1. The van der Waals surface area contributed by atoms with E-state index in [1.165, 1.54) is 24.3 Å². The second kappa shape index (κ2) is 7.76. The molecule has 1 aromatic rings. The maximum atomic E-state index is 11.8. The number of hydrogen-bond acceptors (Lipinski definition) is 5. The van der Waals surface area contributed by atoms with Gasteiger partial charge in [-0.05, 0) is 29.9 Å². The molecule has 6 heteroatoms. The Balaban J connectivity index is 2.57. The molecule has 1 atom stereocenters. The molecule has 1 rings (SSSR count). The van der Waals surface area contributed by atoms with Gasteiger partial charge in [-0.3, -0.25) is 0 Å². The van der Waals surface area contributed by atoms with Crippen LogP contribution in [0.15, 0.2) is 24.3 Å². The van der Waals surface area contributed by atoms with Crippen molar-refractivity contribution in [1.29, 1.82) is 0 Å². The van der Waals surface area contributed by atoms with E-state index in [0.717, 1.165) is 6.42 Å². The van der Waals surface area contributed by atoms with Crippen LogP contribution < -0.4 is 0 Å². The predicted octanol–water partition coefficient (Wildman–Crippen LogP) is 3.46. The van der Waals surface area contributed by atoms with E-state index in [0.29, 0.717) is 0 Å². The lowest BCUT2D eigenvalue weighted by Crippen LogP contribution is -2.18. The lowest BCUT2D eigenvalue weighted by Gasteiger charge is -2.22. The molecular weight excluding hydrogens is 300 g/mol. The molecule has 0 radical (unpaired) electrons. The zero-order valence-corrected chi connectivity index (χ0v) is 13.8. The summed E-state index contributed by atoms with van der Waals surface area (Å²) in [5.74, 6) is -2.86. The molecule has 1 aromatic carbocycles. The second-order valence-electron chi connectivity index (χ2n) is 6.75. The molecule has 0 fully saturated rings. The normalized spacial score (nSPS) is 12.3. The first kappa shape index (κ1) is 18.7. The molecule has 1 N–H and O–H groups in total. The highest BCUT2D eigenvalue weighted by atomic mass is 17.2. The van der Waals surface area contributed by atoms with Crippen LogP contribution in [-0.4, -0.2) is 23.0 Å². The summed E-state index contributed by atoms with van der Waals surface area (Å²) in [6.07, 6.45) is 0.934. The third-order valence-corrected chi connectivity index (χ3v) is 3.06. The van der Waals surface area contributed by atoms with Gasteiger partial charge in [-0.2, -0.15) is 0 Å². The van der Waals surface area contributed by atoms with Crippen molar-refractivity contribution < 1.29 is 29.3 Å². The standard InChI is InChI=1S/C17H22O6/c1-11(10-17(2,3)4)9-14(18)22-23-16(21)13-8-6-5-7-12(13)15(19)20/h5-8,11H,9-10H2,1-4H3,(H,19,20). The Bertz CT molecular complexity index is 585. The molecule has 0 heterocycles. The van der Waals surface area contributed by atoms with E-state index in [1.54, 1.807) is 0 Å². The molecule has 0 aliphatic heterocycles. The molecule has 0 amide bonds. The topological polar surface area (TPSA) is 89.9 Å². The average molecular weight is 322 g/mol. The van der Waals surface area contributed by atoms with E-state index < -0.39 is 17.9 Å². The highest BCUT2D eigenvalue weighted by Crippen LogP contribution is 2.26. The van der Waals surface area contributed by atoms with Crippen LogP contribution in [0.4, 0.5) is 0 Å². The lowest BCUT2D eigenvalue weighted by atomic mass is 9.84. The Morgan fingerprint density at radius 1 is 1.09 bits per heavy atom. The summed E-state index contributed by atoms with van der Waals surface area (Å²) in [5.41, 5.74) is -0.304. The number of rotatable bonds is 5. The number of carboxylic acid groups (broad SMARTS) is 1. The Morgan fingerprint density at radius 3 is 2.17 bits per heavy atom. The Morgan fingerprint density at radius 2 is 1.65 bits per heavy atom. The van der Waals surface area contributed by atoms with E-state index in [1.807, 2.05) is 6.92 Å². The number of carbonyl (C=O) groups excluding carboxylic acids is 2. The van der Waals surface area contributed by atoms with Crippen molar-refractivity contribution in [1.82, 2.24) is 0 Å². The van der Waals surface area contributed by atoms with Gasteiger partial charge >= 0.3 is 17.9 Å². The van der Waals surface area contributed by atoms with Gasteiger partial charge in [-0.1, -0.05) is 39.8 Å². The Kier molecular flexibility index (Phi) is 6.30. The van der Waals surface area contributed by atoms with Crippen LogP contribution in [0.25, 0.3) is 0 Å². The van der Waals surface area contributed by atoms with Gasteiger partial charge in [0.25, 0.3) is 0 Å². The SMILES string of the molecule is CC(CC(=O)OOC(=O)c1ccccc1C(=O)O)CC(C)(C)C. The summed E-state index contributed by atoms with van der Waals surface area (Å²) in [6, 6.07) is 5.55. The van der Waals surface area contributed by atoms with Crippen LogP contribution in [0, 0.1) is 11.3 Å². The highest BCUT2D eigenvalue weighted by molar-refractivity contribution is 6.02. The van der Waals surface area contributed by atoms with Crippen molar-refractivity contribution in [3.8, 4) is 0 Å². The highest BCUT2D eigenvalue weighted by Gasteiger charge is 2.22. The maximum absolute atomic E-state index is 11.8. The minimum absolute atomic E-state index is 0.0764. The van der Waals surface area contributed by atoms with Crippen molar-refractivity contribution in [2.45, 2.75) is 40.5 Å². The molecule has 126 valence electrons. The van der Waals surface area contributed by atoms with Crippen molar-refractivity contribution in [3.63, 3.8) is 0 Å². The smallest absolute Gasteiger partial charge is 0.387 e. The molecule has 0 aliphatic rings. The molecule has 0 bridgehead atoms. The van der Waals surface area contributed by atoms with Gasteiger partial charge in [0.1, 0.15) is 0 Å². The van der Waals surface area contributed by atoms with Gasteiger partial charge in [-0.25, -0.2) is 24.2 Å². The van der Waals surface area contributed by atoms with E-state index in [-0.39, 0.29) is 28.9 Å². The predicted molar refractivity (Wildman–Crippen MR) is 82.8 cm³/mol. The summed E-state index contributed by atoms with van der Waals surface area (Å²) in [6.45, 7) is 8.11. The number of carboxylic acids is 1. The quantitative estimate of drug-likeness (QED) is 0.659. The van der Waals surface area contributed by atoms with Crippen molar-refractivity contribution >= 4 is 17.9 Å².